The van der Waals surface area contributed by atoms with E-state index in [4.69, 9.17) is 9.90 Å². The summed E-state index contributed by atoms with van der Waals surface area (Å²) in [4.78, 5) is 28.0. The molecule has 2 saturated heterocycles. The summed E-state index contributed by atoms with van der Waals surface area (Å²) in [7, 11) is -1.43. The Kier molecular flexibility index (Phi) is 12.0. The van der Waals surface area contributed by atoms with Crippen molar-refractivity contribution >= 4 is 33.2 Å². The SMILES string of the molecule is CN1CCN(CCCN(CCC(=O)N2CCNCC2)S(=O)(=O)c2cccs2)CC1.O=C(O)C(F)(F)F. The molecule has 36 heavy (non-hydrogen) atoms. The van der Waals surface area contributed by atoms with Gasteiger partial charge in [-0.15, -0.1) is 11.3 Å². The first-order valence-electron chi connectivity index (χ1n) is 11.6. The maximum absolute atomic E-state index is 13.1. The monoisotopic (exact) mass is 557 g/mol. The lowest BCUT2D eigenvalue weighted by Crippen LogP contribution is -2.47. The number of carbonyl (C=O) groups is 2. The first-order valence-corrected chi connectivity index (χ1v) is 14.0. The van der Waals surface area contributed by atoms with Gasteiger partial charge in [0.05, 0.1) is 0 Å². The highest BCUT2D eigenvalue weighted by Gasteiger charge is 2.38. The molecule has 1 aromatic heterocycles. The maximum Gasteiger partial charge on any atom is 0.490 e. The summed E-state index contributed by atoms with van der Waals surface area (Å²) < 4.78 is 59.8. The second-order valence-corrected chi connectivity index (χ2v) is 11.6. The van der Waals surface area contributed by atoms with E-state index in [0.717, 1.165) is 52.2 Å². The lowest BCUT2D eigenvalue weighted by Gasteiger charge is -2.33. The molecule has 2 fully saturated rings. The molecule has 2 aliphatic rings. The molecule has 1 aromatic rings. The molecular weight excluding hydrogens is 523 g/mol. The summed E-state index contributed by atoms with van der Waals surface area (Å²) in [6.07, 6.45) is -4.07. The highest BCUT2D eigenvalue weighted by Crippen LogP contribution is 2.22. The second-order valence-electron chi connectivity index (χ2n) is 8.52. The van der Waals surface area contributed by atoms with Gasteiger partial charge in [0.15, 0.2) is 0 Å². The van der Waals surface area contributed by atoms with Gasteiger partial charge >= 0.3 is 12.1 Å². The van der Waals surface area contributed by atoms with Crippen LogP contribution in [0.4, 0.5) is 13.2 Å². The number of piperazine rings is 2. The zero-order chi connectivity index (χ0) is 26.8. The molecule has 3 heterocycles. The van der Waals surface area contributed by atoms with E-state index in [0.29, 0.717) is 23.8 Å². The lowest BCUT2D eigenvalue weighted by molar-refractivity contribution is -0.192. The Hall–Kier alpha value is -1.78. The molecule has 3 rings (SSSR count). The highest BCUT2D eigenvalue weighted by molar-refractivity contribution is 7.91. The smallest absolute Gasteiger partial charge is 0.475 e. The molecule has 2 aliphatic heterocycles. The van der Waals surface area contributed by atoms with E-state index < -0.39 is 22.2 Å². The number of halogens is 3. The number of carboxylic acids is 1. The number of hydrogen-bond donors (Lipinski definition) is 2. The molecule has 10 nitrogen and oxygen atoms in total. The summed E-state index contributed by atoms with van der Waals surface area (Å²) in [5.41, 5.74) is 0. The van der Waals surface area contributed by atoms with Crippen molar-refractivity contribution in [1.29, 1.82) is 0 Å². The average Bonchev–Trinajstić information content (AvgIpc) is 3.38. The molecule has 206 valence electrons. The molecule has 0 unspecified atom stereocenters. The van der Waals surface area contributed by atoms with Gasteiger partial charge in [-0.1, -0.05) is 6.07 Å². The first-order chi connectivity index (χ1) is 16.9. The number of amides is 1. The predicted octanol–water partition coefficient (Wildman–Crippen LogP) is 0.832. The number of thiophene rings is 1. The number of alkyl halides is 3. The minimum absolute atomic E-state index is 0.0388. The summed E-state index contributed by atoms with van der Waals surface area (Å²) in [5, 5.41) is 12.1. The Labute approximate surface area is 213 Å². The fourth-order valence-electron chi connectivity index (χ4n) is 3.72. The standard InChI is InChI=1S/C19H33N5O3S2.C2HF3O2/c1-21-13-15-22(16-14-21)8-3-9-24(29(26,27)19-4-2-17-28-19)10-5-18(25)23-11-6-20-7-12-23;3-2(4,5)1(6)7/h2,4,17,20H,3,5-16H2,1H3;(H,6,7). The number of rotatable bonds is 9. The number of sulfonamides is 1. The minimum atomic E-state index is -5.08. The molecule has 0 bridgehead atoms. The van der Waals surface area contributed by atoms with Crippen LogP contribution >= 0.6 is 11.3 Å². The van der Waals surface area contributed by atoms with Gasteiger partial charge in [0.2, 0.25) is 5.91 Å². The van der Waals surface area contributed by atoms with Crippen molar-refractivity contribution < 1.29 is 36.3 Å². The number of aliphatic carboxylic acids is 1. The number of nitrogens with one attached hydrogen (secondary N) is 1. The van der Waals surface area contributed by atoms with Crippen LogP contribution in [0.5, 0.6) is 0 Å². The third kappa shape index (κ3) is 9.94. The van der Waals surface area contributed by atoms with Crippen LogP contribution in [0.1, 0.15) is 12.8 Å². The van der Waals surface area contributed by atoms with Gasteiger partial charge < -0.3 is 25.1 Å². The second kappa shape index (κ2) is 14.2. The molecule has 0 saturated carbocycles. The molecule has 0 aliphatic carbocycles. The van der Waals surface area contributed by atoms with E-state index in [1.165, 1.54) is 15.6 Å². The summed E-state index contributed by atoms with van der Waals surface area (Å²) in [6.45, 7) is 8.71. The normalized spacial score (nSPS) is 18.1. The van der Waals surface area contributed by atoms with Gasteiger partial charge in [-0.2, -0.15) is 17.5 Å². The van der Waals surface area contributed by atoms with Crippen LogP contribution in [-0.2, 0) is 19.6 Å². The predicted molar refractivity (Wildman–Crippen MR) is 129 cm³/mol. The van der Waals surface area contributed by atoms with Gasteiger partial charge in [-0.25, -0.2) is 13.2 Å². The molecule has 0 atom stereocenters. The zero-order valence-corrected chi connectivity index (χ0v) is 21.9. The van der Waals surface area contributed by atoms with E-state index in [-0.39, 0.29) is 18.9 Å². The van der Waals surface area contributed by atoms with Gasteiger partial charge in [0, 0.05) is 71.9 Å². The average molecular weight is 558 g/mol. The van der Waals surface area contributed by atoms with Crippen molar-refractivity contribution in [3.05, 3.63) is 17.5 Å². The van der Waals surface area contributed by atoms with Gasteiger partial charge in [0.25, 0.3) is 10.0 Å². The summed E-state index contributed by atoms with van der Waals surface area (Å²) >= 11 is 1.23. The summed E-state index contributed by atoms with van der Waals surface area (Å²) in [6, 6.07) is 3.40. The van der Waals surface area contributed by atoms with Crippen molar-refractivity contribution in [2.24, 2.45) is 0 Å². The number of carbonyl (C=O) groups excluding carboxylic acids is 1. The van der Waals surface area contributed by atoms with Crippen molar-refractivity contribution in [3.63, 3.8) is 0 Å². The van der Waals surface area contributed by atoms with Crippen LogP contribution in [0.3, 0.4) is 0 Å². The van der Waals surface area contributed by atoms with E-state index in [9.17, 15) is 26.4 Å². The van der Waals surface area contributed by atoms with Crippen LogP contribution in [-0.4, -0.2) is 130 Å². The number of likely N-dealkylation sites (N-methyl/N-ethyl adjacent to an activating group) is 1. The number of hydrogen-bond acceptors (Lipinski definition) is 8. The maximum atomic E-state index is 13.1. The van der Waals surface area contributed by atoms with Crippen molar-refractivity contribution in [3.8, 4) is 0 Å². The molecule has 0 radical (unpaired) electrons. The van der Waals surface area contributed by atoms with E-state index in [2.05, 4.69) is 22.2 Å². The van der Waals surface area contributed by atoms with Gasteiger partial charge in [-0.3, -0.25) is 4.79 Å². The fourth-order valence-corrected chi connectivity index (χ4v) is 6.35. The molecule has 15 heteroatoms. The van der Waals surface area contributed by atoms with Crippen LogP contribution in [0.25, 0.3) is 0 Å². The van der Waals surface area contributed by atoms with Crippen molar-refractivity contribution in [2.75, 3.05) is 79.0 Å². The molecule has 0 aromatic carbocycles. The van der Waals surface area contributed by atoms with Crippen LogP contribution in [0.2, 0.25) is 0 Å². The molecular formula is C21H34F3N5O5S2. The number of nitrogens with zero attached hydrogens (tertiary/aromatic N) is 4. The number of carboxylic acid groups (broad SMARTS) is 1. The quantitative estimate of drug-likeness (QED) is 0.459. The van der Waals surface area contributed by atoms with E-state index in [1.807, 2.05) is 4.90 Å². The van der Waals surface area contributed by atoms with Crippen LogP contribution in [0.15, 0.2) is 21.7 Å². The highest BCUT2D eigenvalue weighted by atomic mass is 32.2. The van der Waals surface area contributed by atoms with Gasteiger partial charge in [0.1, 0.15) is 4.21 Å². The van der Waals surface area contributed by atoms with E-state index >= 15 is 0 Å². The largest absolute Gasteiger partial charge is 0.490 e. The Morgan fingerprint density at radius 2 is 1.72 bits per heavy atom. The minimum Gasteiger partial charge on any atom is -0.475 e. The Morgan fingerprint density at radius 1 is 1.11 bits per heavy atom. The molecule has 2 N–H and O–H groups in total. The third-order valence-corrected chi connectivity index (χ3v) is 9.13. The van der Waals surface area contributed by atoms with Crippen LogP contribution < -0.4 is 5.32 Å². The topological polar surface area (TPSA) is 114 Å². The Balaban J connectivity index is 0.000000572. The molecule has 1 amide bonds. The van der Waals surface area contributed by atoms with Crippen LogP contribution in [0, 0.1) is 0 Å². The third-order valence-electron chi connectivity index (χ3n) is 5.85. The van der Waals surface area contributed by atoms with E-state index in [1.54, 1.807) is 17.5 Å². The summed E-state index contributed by atoms with van der Waals surface area (Å²) in [5.74, 6) is -2.72. The Morgan fingerprint density at radius 3 is 2.25 bits per heavy atom. The van der Waals surface area contributed by atoms with Gasteiger partial charge in [-0.05, 0) is 31.5 Å². The molecule has 0 spiro atoms. The lowest BCUT2D eigenvalue weighted by atomic mass is 10.3. The fraction of sp³-hybridized carbons (Fsp3) is 0.714. The van der Waals surface area contributed by atoms with Crippen molar-refractivity contribution in [1.82, 2.24) is 24.3 Å². The first kappa shape index (κ1) is 30.4. The Bertz CT molecular complexity index is 917. The van der Waals surface area contributed by atoms with Crippen molar-refractivity contribution in [2.45, 2.75) is 23.2 Å². The zero-order valence-electron chi connectivity index (χ0n) is 20.2.